The van der Waals surface area contributed by atoms with E-state index in [-0.39, 0.29) is 12.5 Å². The second-order valence-corrected chi connectivity index (χ2v) is 3.75. The Hall–Kier alpha value is -0.610. The minimum absolute atomic E-state index is 0.226. The van der Waals surface area contributed by atoms with E-state index in [1.165, 1.54) is 0 Å². The SMILES string of the molecule is CCCC(C)(O)CNC(=O)C(C)N. The Morgan fingerprint density at radius 1 is 1.69 bits per heavy atom. The van der Waals surface area contributed by atoms with Crippen LogP contribution < -0.4 is 11.1 Å². The third-order valence-corrected chi connectivity index (χ3v) is 1.85. The molecule has 13 heavy (non-hydrogen) atoms. The normalized spacial score (nSPS) is 17.6. The number of carbonyl (C=O) groups excluding carboxylic acids is 1. The Bertz CT molecular complexity index is 167. The van der Waals surface area contributed by atoms with Crippen LogP contribution in [-0.2, 0) is 4.79 Å². The molecule has 4 heteroatoms. The molecule has 0 fully saturated rings. The van der Waals surface area contributed by atoms with Crippen LogP contribution in [-0.4, -0.2) is 29.2 Å². The van der Waals surface area contributed by atoms with Crippen molar-refractivity contribution in [1.82, 2.24) is 5.32 Å². The zero-order valence-corrected chi connectivity index (χ0v) is 8.63. The Balaban J connectivity index is 3.80. The number of rotatable bonds is 5. The third-order valence-electron chi connectivity index (χ3n) is 1.85. The van der Waals surface area contributed by atoms with Gasteiger partial charge in [-0.25, -0.2) is 0 Å². The lowest BCUT2D eigenvalue weighted by Crippen LogP contribution is -2.45. The van der Waals surface area contributed by atoms with Crippen LogP contribution in [0.15, 0.2) is 0 Å². The minimum Gasteiger partial charge on any atom is -0.388 e. The van der Waals surface area contributed by atoms with E-state index in [1.807, 2.05) is 6.92 Å². The molecule has 0 aliphatic rings. The maximum absolute atomic E-state index is 11.0. The molecular formula is C9H20N2O2. The number of nitrogens with one attached hydrogen (secondary N) is 1. The van der Waals surface area contributed by atoms with Crippen molar-refractivity contribution < 1.29 is 9.90 Å². The van der Waals surface area contributed by atoms with Gasteiger partial charge >= 0.3 is 0 Å². The zero-order chi connectivity index (χ0) is 10.5. The Kier molecular flexibility index (Phi) is 4.95. The van der Waals surface area contributed by atoms with Gasteiger partial charge in [0.25, 0.3) is 0 Å². The molecule has 0 bridgehead atoms. The maximum Gasteiger partial charge on any atom is 0.236 e. The third kappa shape index (κ3) is 5.60. The molecule has 4 nitrogen and oxygen atoms in total. The molecule has 0 aromatic heterocycles. The number of hydrogen-bond donors (Lipinski definition) is 3. The van der Waals surface area contributed by atoms with Crippen LogP contribution in [0.1, 0.15) is 33.6 Å². The highest BCUT2D eigenvalue weighted by Crippen LogP contribution is 2.09. The minimum atomic E-state index is -0.820. The van der Waals surface area contributed by atoms with Crippen LogP contribution in [0.4, 0.5) is 0 Å². The van der Waals surface area contributed by atoms with Crippen molar-refractivity contribution in [2.45, 2.75) is 45.3 Å². The van der Waals surface area contributed by atoms with Gasteiger partial charge in [0.15, 0.2) is 0 Å². The summed E-state index contributed by atoms with van der Waals surface area (Å²) >= 11 is 0. The average Bonchev–Trinajstić information content (AvgIpc) is 2.00. The summed E-state index contributed by atoms with van der Waals surface area (Å²) in [4.78, 5) is 11.0. The molecule has 1 amide bonds. The monoisotopic (exact) mass is 188 g/mol. The van der Waals surface area contributed by atoms with E-state index < -0.39 is 11.6 Å². The highest BCUT2D eigenvalue weighted by atomic mass is 16.3. The molecule has 4 N–H and O–H groups in total. The number of aliphatic hydroxyl groups is 1. The van der Waals surface area contributed by atoms with Crippen molar-refractivity contribution in [2.24, 2.45) is 5.73 Å². The summed E-state index contributed by atoms with van der Waals surface area (Å²) in [5.41, 5.74) is 4.53. The van der Waals surface area contributed by atoms with Crippen LogP contribution >= 0.6 is 0 Å². The second-order valence-electron chi connectivity index (χ2n) is 3.75. The summed E-state index contributed by atoms with van der Waals surface area (Å²) in [5, 5.41) is 12.3. The Morgan fingerprint density at radius 2 is 2.23 bits per heavy atom. The highest BCUT2D eigenvalue weighted by molar-refractivity contribution is 5.80. The first-order chi connectivity index (χ1) is 5.89. The van der Waals surface area contributed by atoms with Crippen molar-refractivity contribution in [1.29, 1.82) is 0 Å². The second kappa shape index (κ2) is 5.19. The van der Waals surface area contributed by atoms with Crippen LogP contribution in [0.2, 0.25) is 0 Å². The van der Waals surface area contributed by atoms with E-state index in [4.69, 9.17) is 5.73 Å². The first kappa shape index (κ1) is 12.4. The van der Waals surface area contributed by atoms with Gasteiger partial charge in [-0.1, -0.05) is 13.3 Å². The predicted octanol–water partition coefficient (Wildman–Crippen LogP) is 0.000900. The number of amides is 1. The highest BCUT2D eigenvalue weighted by Gasteiger charge is 2.20. The summed E-state index contributed by atoms with van der Waals surface area (Å²) in [7, 11) is 0. The van der Waals surface area contributed by atoms with Gasteiger partial charge in [-0.15, -0.1) is 0 Å². The number of carbonyl (C=O) groups is 1. The van der Waals surface area contributed by atoms with Crippen LogP contribution in [0.25, 0.3) is 0 Å². The Morgan fingerprint density at radius 3 is 2.62 bits per heavy atom. The van der Waals surface area contributed by atoms with Gasteiger partial charge in [-0.05, 0) is 20.3 Å². The summed E-state index contributed by atoms with van der Waals surface area (Å²) in [6.45, 7) is 5.57. The summed E-state index contributed by atoms with van der Waals surface area (Å²) < 4.78 is 0. The van der Waals surface area contributed by atoms with Crippen LogP contribution in [0.3, 0.4) is 0 Å². The molecule has 0 radical (unpaired) electrons. The van der Waals surface area contributed by atoms with Crippen molar-refractivity contribution in [3.63, 3.8) is 0 Å². The smallest absolute Gasteiger partial charge is 0.236 e. The van der Waals surface area contributed by atoms with Gasteiger partial charge in [0.1, 0.15) is 0 Å². The molecule has 0 heterocycles. The molecule has 2 atom stereocenters. The molecule has 78 valence electrons. The fourth-order valence-electron chi connectivity index (χ4n) is 1.07. The lowest BCUT2D eigenvalue weighted by Gasteiger charge is -2.23. The van der Waals surface area contributed by atoms with Gasteiger partial charge in [-0.3, -0.25) is 4.79 Å². The van der Waals surface area contributed by atoms with Gasteiger partial charge in [0.05, 0.1) is 11.6 Å². The van der Waals surface area contributed by atoms with E-state index in [0.29, 0.717) is 6.42 Å². The van der Waals surface area contributed by atoms with Gasteiger partial charge in [0.2, 0.25) is 5.91 Å². The van der Waals surface area contributed by atoms with Crippen molar-refractivity contribution in [2.75, 3.05) is 6.54 Å². The van der Waals surface area contributed by atoms with Gasteiger partial charge < -0.3 is 16.2 Å². The number of hydrogen-bond acceptors (Lipinski definition) is 3. The molecule has 0 aliphatic carbocycles. The summed E-state index contributed by atoms with van der Waals surface area (Å²) in [5.74, 6) is -0.226. The molecule has 2 unspecified atom stereocenters. The lowest BCUT2D eigenvalue weighted by molar-refractivity contribution is -0.123. The van der Waals surface area contributed by atoms with E-state index in [0.717, 1.165) is 6.42 Å². The average molecular weight is 188 g/mol. The first-order valence-corrected chi connectivity index (χ1v) is 4.64. The molecular weight excluding hydrogens is 168 g/mol. The molecule has 0 rings (SSSR count). The topological polar surface area (TPSA) is 75.3 Å². The molecule has 0 aromatic rings. The number of nitrogens with two attached hydrogens (primary N) is 1. The molecule has 0 saturated carbocycles. The zero-order valence-electron chi connectivity index (χ0n) is 8.63. The standard InChI is InChI=1S/C9H20N2O2/c1-4-5-9(3,13)6-11-8(12)7(2)10/h7,13H,4-6,10H2,1-3H3,(H,11,12). The van der Waals surface area contributed by atoms with Crippen LogP contribution in [0.5, 0.6) is 0 Å². The first-order valence-electron chi connectivity index (χ1n) is 4.64. The van der Waals surface area contributed by atoms with E-state index >= 15 is 0 Å². The maximum atomic E-state index is 11.0. The van der Waals surface area contributed by atoms with Crippen molar-refractivity contribution in [3.05, 3.63) is 0 Å². The van der Waals surface area contributed by atoms with E-state index in [9.17, 15) is 9.90 Å². The van der Waals surface area contributed by atoms with E-state index in [1.54, 1.807) is 13.8 Å². The molecule has 0 saturated heterocycles. The van der Waals surface area contributed by atoms with Gasteiger partial charge in [-0.2, -0.15) is 0 Å². The van der Waals surface area contributed by atoms with E-state index in [2.05, 4.69) is 5.32 Å². The van der Waals surface area contributed by atoms with Gasteiger partial charge in [0, 0.05) is 6.54 Å². The molecule has 0 aromatic carbocycles. The van der Waals surface area contributed by atoms with Crippen molar-refractivity contribution >= 4 is 5.91 Å². The summed E-state index contributed by atoms with van der Waals surface area (Å²) in [6, 6.07) is -0.516. The quantitative estimate of drug-likeness (QED) is 0.568. The Labute approximate surface area is 79.5 Å². The molecule has 0 aliphatic heterocycles. The fraction of sp³-hybridized carbons (Fsp3) is 0.889. The lowest BCUT2D eigenvalue weighted by atomic mass is 10.0. The molecule has 0 spiro atoms. The fourth-order valence-corrected chi connectivity index (χ4v) is 1.07. The predicted molar refractivity (Wildman–Crippen MR) is 52.2 cm³/mol. The summed E-state index contributed by atoms with van der Waals surface area (Å²) in [6.07, 6.45) is 1.56. The van der Waals surface area contributed by atoms with Crippen LogP contribution in [0, 0.1) is 0 Å². The van der Waals surface area contributed by atoms with Crippen molar-refractivity contribution in [3.8, 4) is 0 Å². The largest absolute Gasteiger partial charge is 0.388 e.